The maximum Gasteiger partial charge on any atom is 0.287 e. The highest BCUT2D eigenvalue weighted by molar-refractivity contribution is 6.05. The van der Waals surface area contributed by atoms with Gasteiger partial charge in [-0.15, -0.1) is 0 Å². The third-order valence-corrected chi connectivity index (χ3v) is 4.52. The number of benzene rings is 3. The molecular formula is C25H23FN4O2. The van der Waals surface area contributed by atoms with Crippen LogP contribution in [-0.4, -0.2) is 32.1 Å². The van der Waals surface area contributed by atoms with Crippen molar-refractivity contribution in [2.75, 3.05) is 19.0 Å². The Labute approximate surface area is 186 Å². The maximum atomic E-state index is 13.7. The molecule has 6 nitrogen and oxygen atoms in total. The molecule has 0 saturated carbocycles. The van der Waals surface area contributed by atoms with Crippen LogP contribution in [0.15, 0.2) is 89.7 Å². The van der Waals surface area contributed by atoms with Gasteiger partial charge in [-0.2, -0.15) is 5.10 Å². The van der Waals surface area contributed by atoms with Crippen LogP contribution in [0.3, 0.4) is 0 Å². The van der Waals surface area contributed by atoms with E-state index in [1.165, 1.54) is 18.3 Å². The third kappa shape index (κ3) is 6.12. The number of anilines is 1. The van der Waals surface area contributed by atoms with E-state index >= 15 is 0 Å². The Hall–Kier alpha value is -4.26. The van der Waals surface area contributed by atoms with E-state index in [1.807, 2.05) is 43.3 Å². The lowest BCUT2D eigenvalue weighted by molar-refractivity contribution is -0.117. The van der Waals surface area contributed by atoms with Crippen molar-refractivity contribution in [1.82, 2.24) is 10.7 Å². The van der Waals surface area contributed by atoms with E-state index in [4.69, 9.17) is 0 Å². The van der Waals surface area contributed by atoms with Crippen molar-refractivity contribution in [2.45, 2.75) is 0 Å². The van der Waals surface area contributed by atoms with Crippen LogP contribution in [0.5, 0.6) is 0 Å². The monoisotopic (exact) mass is 430 g/mol. The van der Waals surface area contributed by atoms with Crippen molar-refractivity contribution >= 4 is 29.8 Å². The number of carbonyl (C=O) groups excluding carboxylic acids is 2. The fourth-order valence-electron chi connectivity index (χ4n) is 2.78. The molecule has 0 spiro atoms. The summed E-state index contributed by atoms with van der Waals surface area (Å²) in [6, 6.07) is 22.1. The molecule has 0 fully saturated rings. The summed E-state index contributed by atoms with van der Waals surface area (Å²) in [6.45, 7) is 0. The summed E-state index contributed by atoms with van der Waals surface area (Å²) in [6.07, 6.45) is 2.75. The van der Waals surface area contributed by atoms with Crippen LogP contribution in [0, 0.1) is 5.82 Å². The largest absolute Gasteiger partial charge is 0.378 e. The number of nitrogens with zero attached hydrogens (tertiary/aromatic N) is 2. The number of carbonyl (C=O) groups is 2. The summed E-state index contributed by atoms with van der Waals surface area (Å²) in [5.41, 5.74) is 4.69. The molecule has 0 heterocycles. The fourth-order valence-corrected chi connectivity index (χ4v) is 2.78. The van der Waals surface area contributed by atoms with Crippen LogP contribution in [0.2, 0.25) is 0 Å². The Morgan fingerprint density at radius 2 is 1.56 bits per heavy atom. The number of hydrogen-bond acceptors (Lipinski definition) is 4. The third-order valence-electron chi connectivity index (χ3n) is 4.52. The van der Waals surface area contributed by atoms with Gasteiger partial charge in [-0.1, -0.05) is 48.5 Å². The molecule has 0 radical (unpaired) electrons. The van der Waals surface area contributed by atoms with E-state index < -0.39 is 17.6 Å². The average Bonchev–Trinajstić information content (AvgIpc) is 2.80. The van der Waals surface area contributed by atoms with E-state index in [0.29, 0.717) is 11.1 Å². The zero-order valence-electron chi connectivity index (χ0n) is 17.7. The van der Waals surface area contributed by atoms with E-state index in [9.17, 15) is 14.0 Å². The van der Waals surface area contributed by atoms with Crippen LogP contribution in [-0.2, 0) is 4.79 Å². The molecule has 2 N–H and O–H groups in total. The Bertz CT molecular complexity index is 1140. The SMILES string of the molecule is CN(C)c1ccc(/C=C(/NC(=O)c2ccccc2)C(=O)NN=Cc2ccccc2F)cc1. The van der Waals surface area contributed by atoms with Crippen molar-refractivity contribution in [3.05, 3.63) is 107 Å². The highest BCUT2D eigenvalue weighted by Gasteiger charge is 2.14. The van der Waals surface area contributed by atoms with E-state index in [2.05, 4.69) is 15.8 Å². The average molecular weight is 430 g/mol. The molecule has 32 heavy (non-hydrogen) atoms. The van der Waals surface area contributed by atoms with E-state index in [-0.39, 0.29) is 11.3 Å². The second-order valence-electron chi connectivity index (χ2n) is 7.08. The second kappa shape index (κ2) is 10.7. The zero-order valence-corrected chi connectivity index (χ0v) is 17.7. The Morgan fingerprint density at radius 3 is 2.22 bits per heavy atom. The molecule has 7 heteroatoms. The molecule has 0 aliphatic heterocycles. The van der Waals surface area contributed by atoms with Crippen LogP contribution < -0.4 is 15.6 Å². The van der Waals surface area contributed by atoms with Gasteiger partial charge in [0.1, 0.15) is 11.5 Å². The quantitative estimate of drug-likeness (QED) is 0.340. The summed E-state index contributed by atoms with van der Waals surface area (Å²) in [7, 11) is 3.86. The van der Waals surface area contributed by atoms with Crippen LogP contribution in [0.25, 0.3) is 6.08 Å². The predicted molar refractivity (Wildman–Crippen MR) is 125 cm³/mol. The topological polar surface area (TPSA) is 73.8 Å². The highest BCUT2D eigenvalue weighted by atomic mass is 19.1. The number of hydrazone groups is 1. The molecule has 2 amide bonds. The van der Waals surface area contributed by atoms with Gasteiger partial charge >= 0.3 is 0 Å². The smallest absolute Gasteiger partial charge is 0.287 e. The van der Waals surface area contributed by atoms with Gasteiger partial charge in [-0.25, -0.2) is 9.82 Å². The molecule has 3 rings (SSSR count). The maximum absolute atomic E-state index is 13.7. The summed E-state index contributed by atoms with van der Waals surface area (Å²) in [4.78, 5) is 27.3. The normalized spacial score (nSPS) is 11.3. The minimum absolute atomic E-state index is 0.00198. The van der Waals surface area contributed by atoms with Gasteiger partial charge < -0.3 is 10.2 Å². The Morgan fingerprint density at radius 1 is 0.906 bits per heavy atom. The van der Waals surface area contributed by atoms with Gasteiger partial charge in [0.25, 0.3) is 11.8 Å². The minimum Gasteiger partial charge on any atom is -0.378 e. The lowest BCUT2D eigenvalue weighted by Gasteiger charge is -2.12. The van der Waals surface area contributed by atoms with Gasteiger partial charge in [0, 0.05) is 30.9 Å². The molecule has 0 saturated heterocycles. The van der Waals surface area contributed by atoms with Crippen molar-refractivity contribution in [3.63, 3.8) is 0 Å². The zero-order chi connectivity index (χ0) is 22.9. The number of hydrogen-bond donors (Lipinski definition) is 2. The Kier molecular flexibility index (Phi) is 7.48. The molecule has 0 bridgehead atoms. The van der Waals surface area contributed by atoms with Crippen LogP contribution >= 0.6 is 0 Å². The highest BCUT2D eigenvalue weighted by Crippen LogP contribution is 2.14. The van der Waals surface area contributed by atoms with Crippen molar-refractivity contribution in [3.8, 4) is 0 Å². The molecule has 0 unspecified atom stereocenters. The van der Waals surface area contributed by atoms with Crippen molar-refractivity contribution < 1.29 is 14.0 Å². The standard InChI is InChI=1S/C25H23FN4O2/c1-30(2)21-14-12-18(13-15-21)16-23(28-24(31)19-8-4-3-5-9-19)25(32)29-27-17-20-10-6-7-11-22(20)26/h3-17H,1-2H3,(H,28,31)(H,29,32)/b23-16+,27-17?. The first-order valence-corrected chi connectivity index (χ1v) is 9.87. The molecule has 162 valence electrons. The fraction of sp³-hybridized carbons (Fsp3) is 0.0800. The van der Waals surface area contributed by atoms with Gasteiger partial charge in [-0.3, -0.25) is 9.59 Å². The van der Waals surface area contributed by atoms with Crippen LogP contribution in [0.1, 0.15) is 21.5 Å². The predicted octanol–water partition coefficient (Wildman–Crippen LogP) is 3.81. The summed E-state index contributed by atoms with van der Waals surface area (Å²) < 4.78 is 13.7. The molecular weight excluding hydrogens is 407 g/mol. The number of amides is 2. The number of halogens is 1. The van der Waals surface area contributed by atoms with Gasteiger partial charge in [-0.05, 0) is 42.0 Å². The van der Waals surface area contributed by atoms with Gasteiger partial charge in [0.2, 0.25) is 0 Å². The minimum atomic E-state index is -0.640. The van der Waals surface area contributed by atoms with Crippen molar-refractivity contribution in [1.29, 1.82) is 0 Å². The Balaban J connectivity index is 1.82. The van der Waals surface area contributed by atoms with E-state index in [0.717, 1.165) is 5.69 Å². The van der Waals surface area contributed by atoms with Gasteiger partial charge in [0.15, 0.2) is 0 Å². The van der Waals surface area contributed by atoms with Gasteiger partial charge in [0.05, 0.1) is 6.21 Å². The first kappa shape index (κ1) is 22.4. The molecule has 3 aromatic rings. The van der Waals surface area contributed by atoms with E-state index in [1.54, 1.807) is 48.5 Å². The second-order valence-corrected chi connectivity index (χ2v) is 7.08. The first-order chi connectivity index (χ1) is 15.4. The lowest BCUT2D eigenvalue weighted by atomic mass is 10.1. The van der Waals surface area contributed by atoms with Crippen LogP contribution in [0.4, 0.5) is 10.1 Å². The first-order valence-electron chi connectivity index (χ1n) is 9.87. The summed E-state index contributed by atoms with van der Waals surface area (Å²) in [5, 5.41) is 6.45. The molecule has 0 aromatic heterocycles. The summed E-state index contributed by atoms with van der Waals surface area (Å²) in [5.74, 6) is -1.53. The van der Waals surface area contributed by atoms with Crippen molar-refractivity contribution in [2.24, 2.45) is 5.10 Å². The lowest BCUT2D eigenvalue weighted by Crippen LogP contribution is -2.32. The number of nitrogens with one attached hydrogen (secondary N) is 2. The number of rotatable bonds is 7. The molecule has 0 aliphatic carbocycles. The molecule has 0 aliphatic rings. The molecule has 0 atom stereocenters. The molecule has 3 aromatic carbocycles. The summed E-state index contributed by atoms with van der Waals surface area (Å²) >= 11 is 0.